The first-order valence-electron chi connectivity index (χ1n) is 6.84. The van der Waals surface area contributed by atoms with Gasteiger partial charge in [-0.05, 0) is 30.0 Å². The van der Waals surface area contributed by atoms with Gasteiger partial charge < -0.3 is 4.74 Å². The molecule has 0 aromatic heterocycles. The Balaban J connectivity index is 1.92. The van der Waals surface area contributed by atoms with Crippen LogP contribution in [0.4, 0.5) is 0 Å². The maximum Gasteiger partial charge on any atom is 0.252 e. The molecule has 1 heterocycles. The molecule has 1 saturated heterocycles. The fourth-order valence-electron chi connectivity index (χ4n) is 2.11. The minimum atomic E-state index is -0.304. The van der Waals surface area contributed by atoms with Gasteiger partial charge in [0.1, 0.15) is 11.8 Å². The van der Waals surface area contributed by atoms with E-state index >= 15 is 0 Å². The summed E-state index contributed by atoms with van der Waals surface area (Å²) in [6.07, 6.45) is 0.662. The van der Waals surface area contributed by atoms with Crippen molar-refractivity contribution >= 4 is 5.91 Å². The van der Waals surface area contributed by atoms with E-state index in [1.54, 1.807) is 0 Å². The lowest BCUT2D eigenvalue weighted by Gasteiger charge is -2.12. The van der Waals surface area contributed by atoms with Crippen LogP contribution in [0.25, 0.3) is 0 Å². The van der Waals surface area contributed by atoms with E-state index in [-0.39, 0.29) is 18.0 Å². The number of amides is 1. The first-order chi connectivity index (χ1) is 9.60. The standard InChI is InChI=1S/C14H22N4O2/c1-9(2)8-20-11-5-3-10(4-6-11)12-7-13(18-17-12)14(19)16-15/h3-6,9,12-13,17-18H,7-8,15H2,1-2H3,(H,16,19). The van der Waals surface area contributed by atoms with Gasteiger partial charge >= 0.3 is 0 Å². The molecule has 110 valence electrons. The monoisotopic (exact) mass is 278 g/mol. The maximum absolute atomic E-state index is 11.4. The summed E-state index contributed by atoms with van der Waals surface area (Å²) >= 11 is 0. The van der Waals surface area contributed by atoms with Gasteiger partial charge in [-0.3, -0.25) is 10.2 Å². The van der Waals surface area contributed by atoms with Crippen molar-refractivity contribution in [1.29, 1.82) is 0 Å². The van der Waals surface area contributed by atoms with E-state index in [4.69, 9.17) is 10.6 Å². The summed E-state index contributed by atoms with van der Waals surface area (Å²) in [4.78, 5) is 11.4. The van der Waals surface area contributed by atoms with E-state index in [1.807, 2.05) is 24.3 Å². The number of hydrogen-bond donors (Lipinski definition) is 4. The quantitative estimate of drug-likeness (QED) is 0.360. The smallest absolute Gasteiger partial charge is 0.252 e. The van der Waals surface area contributed by atoms with E-state index in [1.165, 1.54) is 0 Å². The fourth-order valence-corrected chi connectivity index (χ4v) is 2.11. The molecular formula is C14H22N4O2. The summed E-state index contributed by atoms with van der Waals surface area (Å²) < 4.78 is 5.65. The van der Waals surface area contributed by atoms with E-state index in [0.717, 1.165) is 11.3 Å². The largest absolute Gasteiger partial charge is 0.493 e. The average molecular weight is 278 g/mol. The molecule has 0 saturated carbocycles. The predicted molar refractivity (Wildman–Crippen MR) is 76.5 cm³/mol. The molecule has 1 aromatic rings. The van der Waals surface area contributed by atoms with Gasteiger partial charge in [-0.1, -0.05) is 26.0 Å². The van der Waals surface area contributed by atoms with Crippen LogP contribution in [0, 0.1) is 5.92 Å². The Hall–Kier alpha value is -1.63. The van der Waals surface area contributed by atoms with Crippen LogP contribution in [0.5, 0.6) is 5.75 Å². The molecular weight excluding hydrogens is 256 g/mol. The van der Waals surface area contributed by atoms with Gasteiger partial charge in [-0.2, -0.15) is 0 Å². The topological polar surface area (TPSA) is 88.4 Å². The van der Waals surface area contributed by atoms with E-state index < -0.39 is 0 Å². The molecule has 2 atom stereocenters. The van der Waals surface area contributed by atoms with Gasteiger partial charge in [-0.25, -0.2) is 16.7 Å². The Bertz CT molecular complexity index is 447. The molecule has 0 radical (unpaired) electrons. The highest BCUT2D eigenvalue weighted by molar-refractivity contribution is 5.81. The molecule has 20 heavy (non-hydrogen) atoms. The zero-order chi connectivity index (χ0) is 14.5. The zero-order valence-electron chi connectivity index (χ0n) is 11.8. The Labute approximate surface area is 119 Å². The Morgan fingerprint density at radius 2 is 2.10 bits per heavy atom. The van der Waals surface area contributed by atoms with Gasteiger partial charge in [0.25, 0.3) is 5.91 Å². The first-order valence-corrected chi connectivity index (χ1v) is 6.84. The van der Waals surface area contributed by atoms with Crippen LogP contribution in [0.15, 0.2) is 24.3 Å². The maximum atomic E-state index is 11.4. The number of carbonyl (C=O) groups excluding carboxylic acids is 1. The Morgan fingerprint density at radius 1 is 1.40 bits per heavy atom. The molecule has 0 aliphatic carbocycles. The molecule has 2 rings (SSSR count). The normalized spacial score (nSPS) is 22.0. The molecule has 0 bridgehead atoms. The lowest BCUT2D eigenvalue weighted by Crippen LogP contribution is -2.45. The molecule has 5 N–H and O–H groups in total. The molecule has 6 nitrogen and oxygen atoms in total. The summed E-state index contributed by atoms with van der Waals surface area (Å²) in [5, 5.41) is 0. The second-order valence-electron chi connectivity index (χ2n) is 5.41. The van der Waals surface area contributed by atoms with Crippen LogP contribution in [0.2, 0.25) is 0 Å². The van der Waals surface area contributed by atoms with Crippen molar-refractivity contribution in [3.63, 3.8) is 0 Å². The molecule has 1 aromatic carbocycles. The van der Waals surface area contributed by atoms with Crippen LogP contribution in [-0.4, -0.2) is 18.6 Å². The van der Waals surface area contributed by atoms with Crippen LogP contribution in [-0.2, 0) is 4.79 Å². The minimum Gasteiger partial charge on any atom is -0.493 e. The van der Waals surface area contributed by atoms with Crippen LogP contribution in [0.3, 0.4) is 0 Å². The highest BCUT2D eigenvalue weighted by atomic mass is 16.5. The fraction of sp³-hybridized carbons (Fsp3) is 0.500. The molecule has 2 unspecified atom stereocenters. The van der Waals surface area contributed by atoms with Crippen molar-refractivity contribution in [2.45, 2.75) is 32.4 Å². The van der Waals surface area contributed by atoms with Crippen molar-refractivity contribution in [3.8, 4) is 5.75 Å². The predicted octanol–water partition coefficient (Wildman–Crippen LogP) is 0.619. The zero-order valence-corrected chi connectivity index (χ0v) is 11.8. The average Bonchev–Trinajstić information content (AvgIpc) is 2.94. The number of nitrogens with two attached hydrogens (primary N) is 1. The van der Waals surface area contributed by atoms with Crippen molar-refractivity contribution in [3.05, 3.63) is 29.8 Å². The van der Waals surface area contributed by atoms with Gasteiger partial charge in [0.05, 0.1) is 6.61 Å². The lowest BCUT2D eigenvalue weighted by molar-refractivity contribution is -0.122. The molecule has 0 spiro atoms. The molecule has 1 aliphatic rings. The Morgan fingerprint density at radius 3 is 2.70 bits per heavy atom. The SMILES string of the molecule is CC(C)COc1ccc(C2CC(C(=O)NN)NN2)cc1. The number of hydrogen-bond acceptors (Lipinski definition) is 5. The number of nitrogens with one attached hydrogen (secondary N) is 3. The number of benzene rings is 1. The summed E-state index contributed by atoms with van der Waals surface area (Å²) in [7, 11) is 0. The van der Waals surface area contributed by atoms with Crippen LogP contribution in [0.1, 0.15) is 31.9 Å². The molecule has 1 amide bonds. The van der Waals surface area contributed by atoms with Gasteiger partial charge in [0.2, 0.25) is 0 Å². The second-order valence-corrected chi connectivity index (χ2v) is 5.41. The third-order valence-electron chi connectivity index (χ3n) is 3.23. The third-order valence-corrected chi connectivity index (χ3v) is 3.23. The van der Waals surface area contributed by atoms with Crippen molar-refractivity contribution < 1.29 is 9.53 Å². The van der Waals surface area contributed by atoms with Crippen LogP contribution >= 0.6 is 0 Å². The highest BCUT2D eigenvalue weighted by Crippen LogP contribution is 2.24. The number of carbonyl (C=O) groups is 1. The summed E-state index contributed by atoms with van der Waals surface area (Å²) in [5.74, 6) is 6.29. The number of hydrazine groups is 2. The second kappa shape index (κ2) is 6.69. The van der Waals surface area contributed by atoms with Crippen molar-refractivity contribution in [1.82, 2.24) is 16.3 Å². The summed E-state index contributed by atoms with van der Waals surface area (Å²) in [6.45, 7) is 4.94. The minimum absolute atomic E-state index is 0.0939. The van der Waals surface area contributed by atoms with Gasteiger partial charge in [-0.15, -0.1) is 0 Å². The van der Waals surface area contributed by atoms with Gasteiger partial charge in [0, 0.05) is 6.04 Å². The van der Waals surface area contributed by atoms with Gasteiger partial charge in [0.15, 0.2) is 0 Å². The highest BCUT2D eigenvalue weighted by Gasteiger charge is 2.29. The van der Waals surface area contributed by atoms with Crippen molar-refractivity contribution in [2.75, 3.05) is 6.61 Å². The van der Waals surface area contributed by atoms with E-state index in [2.05, 4.69) is 30.1 Å². The Kier molecular flexibility index (Phi) is 4.94. The third kappa shape index (κ3) is 3.69. The molecule has 6 heteroatoms. The number of rotatable bonds is 5. The molecule has 1 fully saturated rings. The number of ether oxygens (including phenoxy) is 1. The van der Waals surface area contributed by atoms with Crippen LogP contribution < -0.4 is 26.9 Å². The summed E-state index contributed by atoms with van der Waals surface area (Å²) in [6, 6.07) is 7.72. The molecule has 1 aliphatic heterocycles. The van der Waals surface area contributed by atoms with E-state index in [9.17, 15) is 4.79 Å². The lowest BCUT2D eigenvalue weighted by atomic mass is 10.0. The van der Waals surface area contributed by atoms with E-state index in [0.29, 0.717) is 18.9 Å². The van der Waals surface area contributed by atoms with Crippen molar-refractivity contribution in [2.24, 2.45) is 11.8 Å². The summed E-state index contributed by atoms with van der Waals surface area (Å²) in [5.41, 5.74) is 9.30. The first kappa shape index (κ1) is 14.8.